The molecule has 1 aromatic carbocycles. The van der Waals surface area contributed by atoms with Crippen LogP contribution in [0.1, 0.15) is 19.4 Å². The molecule has 0 atom stereocenters. The largest absolute Gasteiger partial charge is 0.483 e. The van der Waals surface area contributed by atoms with Crippen molar-refractivity contribution in [3.05, 3.63) is 29.8 Å². The molecule has 0 spiro atoms. The second kappa shape index (κ2) is 4.80. The maximum Gasteiger partial charge on any atom is 0.228 e. The van der Waals surface area contributed by atoms with E-state index in [9.17, 15) is 0 Å². The van der Waals surface area contributed by atoms with Crippen LogP contribution in [0, 0.1) is 0 Å². The number of ether oxygens (including phenoxy) is 3. The lowest BCUT2D eigenvalue weighted by Crippen LogP contribution is -2.24. The molecule has 0 saturated carbocycles. The number of para-hydroxylation sites is 1. The molecule has 0 aliphatic carbocycles. The van der Waals surface area contributed by atoms with Gasteiger partial charge in [-0.15, -0.1) is 0 Å². The van der Waals surface area contributed by atoms with Crippen LogP contribution in [-0.2, 0) is 6.42 Å². The van der Waals surface area contributed by atoms with Crippen LogP contribution in [0.4, 0.5) is 5.95 Å². The Balaban J connectivity index is 1.94. The quantitative estimate of drug-likeness (QED) is 0.934. The fraction of sp³-hybridized carbons (Fsp3) is 0.333. The smallest absolute Gasteiger partial charge is 0.228 e. The lowest BCUT2D eigenvalue weighted by molar-refractivity contribution is 0.135. The van der Waals surface area contributed by atoms with E-state index in [2.05, 4.69) is 9.97 Å². The number of benzene rings is 1. The van der Waals surface area contributed by atoms with E-state index in [0.717, 1.165) is 17.7 Å². The summed E-state index contributed by atoms with van der Waals surface area (Å²) in [6.07, 6.45) is 0.842. The number of hydrogen-bond acceptors (Lipinski definition) is 6. The van der Waals surface area contributed by atoms with Crippen LogP contribution in [0.25, 0.3) is 0 Å². The van der Waals surface area contributed by atoms with Crippen LogP contribution in [0.3, 0.4) is 0 Å². The molecule has 1 aromatic heterocycles. The average molecular weight is 287 g/mol. The number of nitrogens with zero attached hydrogens (tertiary/aromatic N) is 2. The van der Waals surface area contributed by atoms with Gasteiger partial charge in [0.15, 0.2) is 11.5 Å². The number of hydrogen-bond donors (Lipinski definition) is 1. The molecule has 2 heterocycles. The van der Waals surface area contributed by atoms with Gasteiger partial charge in [0.2, 0.25) is 17.7 Å². The van der Waals surface area contributed by atoms with Gasteiger partial charge < -0.3 is 19.9 Å². The Morgan fingerprint density at radius 2 is 2.00 bits per heavy atom. The number of rotatable bonds is 3. The SMILES string of the molecule is COc1cc(Oc2cccc3c2OC(C)(C)C3)nc(N)n1. The first-order valence-electron chi connectivity index (χ1n) is 6.64. The van der Waals surface area contributed by atoms with Gasteiger partial charge in [0.1, 0.15) is 5.60 Å². The molecule has 0 saturated heterocycles. The minimum atomic E-state index is -0.232. The van der Waals surface area contributed by atoms with Gasteiger partial charge in [-0.1, -0.05) is 12.1 Å². The maximum atomic E-state index is 5.95. The normalized spacial score (nSPS) is 15.2. The minimum Gasteiger partial charge on any atom is -0.483 e. The molecule has 0 radical (unpaired) electrons. The number of aromatic nitrogens is 2. The van der Waals surface area contributed by atoms with Gasteiger partial charge in [-0.2, -0.15) is 9.97 Å². The molecule has 0 fully saturated rings. The summed E-state index contributed by atoms with van der Waals surface area (Å²) in [4.78, 5) is 7.97. The predicted octanol–water partition coefficient (Wildman–Crippen LogP) is 2.57. The third kappa shape index (κ3) is 2.69. The summed E-state index contributed by atoms with van der Waals surface area (Å²) < 4.78 is 16.8. The van der Waals surface area contributed by atoms with Crippen LogP contribution < -0.4 is 19.9 Å². The van der Waals surface area contributed by atoms with Gasteiger partial charge in [0.25, 0.3) is 0 Å². The summed E-state index contributed by atoms with van der Waals surface area (Å²) >= 11 is 0. The summed E-state index contributed by atoms with van der Waals surface area (Å²) in [6, 6.07) is 7.38. The Kier molecular flexibility index (Phi) is 3.08. The monoisotopic (exact) mass is 287 g/mol. The van der Waals surface area contributed by atoms with Crippen molar-refractivity contribution < 1.29 is 14.2 Å². The summed E-state index contributed by atoms with van der Waals surface area (Å²) in [6.45, 7) is 4.09. The van der Waals surface area contributed by atoms with Gasteiger partial charge in [0.05, 0.1) is 13.2 Å². The van der Waals surface area contributed by atoms with E-state index in [-0.39, 0.29) is 11.5 Å². The maximum absolute atomic E-state index is 5.95. The summed E-state index contributed by atoms with van der Waals surface area (Å²) in [7, 11) is 1.51. The number of anilines is 1. The number of nitrogens with two attached hydrogens (primary N) is 1. The van der Waals surface area contributed by atoms with E-state index in [1.165, 1.54) is 7.11 Å². The highest BCUT2D eigenvalue weighted by molar-refractivity contribution is 5.51. The van der Waals surface area contributed by atoms with Crippen molar-refractivity contribution in [2.24, 2.45) is 0 Å². The Morgan fingerprint density at radius 3 is 2.76 bits per heavy atom. The van der Waals surface area contributed by atoms with Crippen molar-refractivity contribution in [2.45, 2.75) is 25.9 Å². The van der Waals surface area contributed by atoms with E-state index in [4.69, 9.17) is 19.9 Å². The molecule has 0 bridgehead atoms. The second-order valence-corrected chi connectivity index (χ2v) is 5.49. The Bertz CT molecular complexity index is 686. The molecule has 3 rings (SSSR count). The van der Waals surface area contributed by atoms with E-state index < -0.39 is 0 Å². The van der Waals surface area contributed by atoms with Gasteiger partial charge in [-0.3, -0.25) is 0 Å². The molecule has 6 nitrogen and oxygen atoms in total. The van der Waals surface area contributed by atoms with Gasteiger partial charge in [-0.05, 0) is 19.9 Å². The van der Waals surface area contributed by atoms with Gasteiger partial charge in [-0.25, -0.2) is 0 Å². The molecule has 2 aromatic rings. The number of nitrogen functional groups attached to an aromatic ring is 1. The fourth-order valence-electron chi connectivity index (χ4n) is 2.36. The number of fused-ring (bicyclic) bond motifs is 1. The standard InChI is InChI=1S/C15H17N3O3/c1-15(2)8-9-5-4-6-10(13(9)21-15)20-12-7-11(19-3)17-14(16)18-12/h4-7H,8H2,1-3H3,(H2,16,17,18). The van der Waals surface area contributed by atoms with E-state index in [1.54, 1.807) is 6.07 Å². The zero-order valence-electron chi connectivity index (χ0n) is 12.2. The molecule has 21 heavy (non-hydrogen) atoms. The highest BCUT2D eigenvalue weighted by Crippen LogP contribution is 2.43. The highest BCUT2D eigenvalue weighted by atomic mass is 16.5. The molecule has 1 aliphatic rings. The van der Waals surface area contributed by atoms with Crippen molar-refractivity contribution >= 4 is 5.95 Å². The average Bonchev–Trinajstić information content (AvgIpc) is 2.73. The lowest BCUT2D eigenvalue weighted by atomic mass is 10.0. The predicted molar refractivity (Wildman–Crippen MR) is 77.9 cm³/mol. The van der Waals surface area contributed by atoms with Crippen molar-refractivity contribution in [2.75, 3.05) is 12.8 Å². The summed E-state index contributed by atoms with van der Waals surface area (Å²) in [5, 5.41) is 0. The number of methoxy groups -OCH3 is 1. The molecular weight excluding hydrogens is 270 g/mol. The molecule has 6 heteroatoms. The van der Waals surface area contributed by atoms with E-state index in [1.807, 2.05) is 32.0 Å². The van der Waals surface area contributed by atoms with Crippen LogP contribution in [0.5, 0.6) is 23.3 Å². The van der Waals surface area contributed by atoms with Crippen LogP contribution >= 0.6 is 0 Å². The van der Waals surface area contributed by atoms with Crippen LogP contribution in [0.2, 0.25) is 0 Å². The molecule has 1 aliphatic heterocycles. The second-order valence-electron chi connectivity index (χ2n) is 5.49. The minimum absolute atomic E-state index is 0.0955. The van der Waals surface area contributed by atoms with E-state index in [0.29, 0.717) is 17.5 Å². The molecule has 110 valence electrons. The first kappa shape index (κ1) is 13.5. The first-order valence-corrected chi connectivity index (χ1v) is 6.64. The zero-order valence-corrected chi connectivity index (χ0v) is 12.2. The van der Waals surface area contributed by atoms with Crippen LogP contribution in [0.15, 0.2) is 24.3 Å². The van der Waals surface area contributed by atoms with E-state index >= 15 is 0 Å². The Labute approximate surface area is 122 Å². The highest BCUT2D eigenvalue weighted by Gasteiger charge is 2.32. The first-order chi connectivity index (χ1) is 9.97. The molecule has 0 unspecified atom stereocenters. The van der Waals surface area contributed by atoms with Gasteiger partial charge >= 0.3 is 0 Å². The van der Waals surface area contributed by atoms with Crippen molar-refractivity contribution in [3.63, 3.8) is 0 Å². The lowest BCUT2D eigenvalue weighted by Gasteiger charge is -2.18. The topological polar surface area (TPSA) is 79.5 Å². The summed E-state index contributed by atoms with van der Waals surface area (Å²) in [5.41, 5.74) is 6.52. The molecular formula is C15H17N3O3. The zero-order chi connectivity index (χ0) is 15.0. The summed E-state index contributed by atoms with van der Waals surface area (Å²) in [5.74, 6) is 2.13. The van der Waals surface area contributed by atoms with Crippen LogP contribution in [-0.4, -0.2) is 22.7 Å². The Hall–Kier alpha value is -2.50. The third-order valence-electron chi connectivity index (χ3n) is 3.18. The Morgan fingerprint density at radius 1 is 1.24 bits per heavy atom. The van der Waals surface area contributed by atoms with Gasteiger partial charge in [0, 0.05) is 12.0 Å². The fourth-order valence-corrected chi connectivity index (χ4v) is 2.36. The van der Waals surface area contributed by atoms with Crippen molar-refractivity contribution in [1.82, 2.24) is 9.97 Å². The molecule has 2 N–H and O–H groups in total. The van der Waals surface area contributed by atoms with Crippen molar-refractivity contribution in [1.29, 1.82) is 0 Å². The van der Waals surface area contributed by atoms with Crippen molar-refractivity contribution in [3.8, 4) is 23.3 Å². The third-order valence-corrected chi connectivity index (χ3v) is 3.18. The molecule has 0 amide bonds.